The summed E-state index contributed by atoms with van der Waals surface area (Å²) < 4.78 is 11.0. The number of ether oxygens (including phenoxy) is 2. The van der Waals surface area contributed by atoms with Crippen molar-refractivity contribution in [2.75, 3.05) is 13.1 Å². The summed E-state index contributed by atoms with van der Waals surface area (Å²) in [4.78, 5) is 17.6. The van der Waals surface area contributed by atoms with E-state index in [9.17, 15) is 4.79 Å². The number of guanidine groups is 1. The molecule has 1 rings (SSSR count). The van der Waals surface area contributed by atoms with E-state index >= 15 is 0 Å². The third-order valence-corrected chi connectivity index (χ3v) is 2.71. The van der Waals surface area contributed by atoms with Gasteiger partial charge in [-0.15, -0.1) is 0 Å². The number of aliphatic imine (C=N–C) groups is 1. The van der Waals surface area contributed by atoms with E-state index in [4.69, 9.17) is 15.2 Å². The van der Waals surface area contributed by atoms with Gasteiger partial charge in [0.15, 0.2) is 5.96 Å². The van der Waals surface area contributed by atoms with Crippen molar-refractivity contribution in [1.82, 2.24) is 10.2 Å². The van der Waals surface area contributed by atoms with Crippen LogP contribution in [-0.2, 0) is 9.47 Å². The van der Waals surface area contributed by atoms with Crippen molar-refractivity contribution < 1.29 is 14.3 Å². The summed E-state index contributed by atoms with van der Waals surface area (Å²) in [5.41, 5.74) is 5.28. The monoisotopic (exact) mass is 324 g/mol. The molecule has 1 fully saturated rings. The number of nitrogens with one attached hydrogen (secondary N) is 1. The normalized spacial score (nSPS) is 16.9. The lowest BCUT2D eigenvalue weighted by molar-refractivity contribution is -0.0423. The number of allylic oxidation sites excluding steroid dienone is 2. The van der Waals surface area contributed by atoms with Gasteiger partial charge < -0.3 is 25.4 Å². The molecule has 1 heterocycles. The summed E-state index contributed by atoms with van der Waals surface area (Å²) in [6.45, 7) is 14.0. The highest BCUT2D eigenvalue weighted by molar-refractivity contribution is 5.79. The van der Waals surface area contributed by atoms with E-state index in [1.165, 1.54) is 0 Å². The molecule has 23 heavy (non-hydrogen) atoms. The van der Waals surface area contributed by atoms with Gasteiger partial charge in [0, 0.05) is 6.04 Å². The molecule has 7 heteroatoms. The van der Waals surface area contributed by atoms with Crippen LogP contribution in [0.1, 0.15) is 34.6 Å². The maximum absolute atomic E-state index is 11.9. The molecule has 3 N–H and O–H groups in total. The Bertz CT molecular complexity index is 486. The first kappa shape index (κ1) is 18.9. The second kappa shape index (κ2) is 7.89. The van der Waals surface area contributed by atoms with Gasteiger partial charge in [0.2, 0.25) is 5.88 Å². The van der Waals surface area contributed by atoms with Crippen LogP contribution in [0.2, 0.25) is 0 Å². The maximum atomic E-state index is 11.9. The predicted octanol–water partition coefficient (Wildman–Crippen LogP) is 1.96. The number of hydrogen-bond acceptors (Lipinski definition) is 4. The van der Waals surface area contributed by atoms with Crippen molar-refractivity contribution in [2.45, 2.75) is 52.4 Å². The van der Waals surface area contributed by atoms with Gasteiger partial charge in [-0.25, -0.2) is 4.79 Å². The zero-order valence-electron chi connectivity index (χ0n) is 14.6. The molecule has 0 unspecified atom stereocenters. The second-order valence-electron chi connectivity index (χ2n) is 6.66. The fourth-order valence-electron chi connectivity index (χ4n) is 1.81. The third kappa shape index (κ3) is 7.08. The van der Waals surface area contributed by atoms with Crippen LogP contribution in [0.3, 0.4) is 0 Å². The lowest BCUT2D eigenvalue weighted by atomic mass is 10.2. The van der Waals surface area contributed by atoms with Crippen molar-refractivity contribution in [3.8, 4) is 0 Å². The summed E-state index contributed by atoms with van der Waals surface area (Å²) in [6.07, 6.45) is 2.73. The van der Waals surface area contributed by atoms with Crippen molar-refractivity contribution >= 4 is 12.1 Å². The number of carbonyl (C=O) groups excluding carboxylic acids is 1. The summed E-state index contributed by atoms with van der Waals surface area (Å²) in [5.74, 6) is 0.635. The first-order chi connectivity index (χ1) is 10.6. The average molecular weight is 324 g/mol. The number of rotatable bonds is 5. The largest absolute Gasteiger partial charge is 0.470 e. The van der Waals surface area contributed by atoms with Gasteiger partial charge in [-0.1, -0.05) is 12.7 Å². The molecule has 0 aromatic carbocycles. The minimum atomic E-state index is -0.502. The van der Waals surface area contributed by atoms with Crippen molar-refractivity contribution in [3.63, 3.8) is 0 Å². The molecule has 1 aliphatic heterocycles. The highest BCUT2D eigenvalue weighted by atomic mass is 16.6. The Kier molecular flexibility index (Phi) is 6.48. The van der Waals surface area contributed by atoms with Crippen LogP contribution < -0.4 is 11.1 Å². The Morgan fingerprint density at radius 2 is 2.04 bits per heavy atom. The lowest BCUT2D eigenvalue weighted by Crippen LogP contribution is -2.55. The zero-order valence-corrected chi connectivity index (χ0v) is 14.6. The molecule has 1 aliphatic rings. The molecule has 0 aromatic heterocycles. The van der Waals surface area contributed by atoms with Gasteiger partial charge in [-0.3, -0.25) is 0 Å². The van der Waals surface area contributed by atoms with Crippen molar-refractivity contribution in [1.29, 1.82) is 0 Å². The topological polar surface area (TPSA) is 89.2 Å². The van der Waals surface area contributed by atoms with E-state index < -0.39 is 5.60 Å². The van der Waals surface area contributed by atoms with E-state index in [1.807, 2.05) is 34.6 Å². The fraction of sp³-hybridized carbons (Fsp3) is 0.625. The minimum absolute atomic E-state index is 0.135. The van der Waals surface area contributed by atoms with E-state index in [-0.39, 0.29) is 24.2 Å². The van der Waals surface area contributed by atoms with Crippen LogP contribution >= 0.6 is 0 Å². The Labute approximate surface area is 138 Å². The average Bonchev–Trinajstić information content (AvgIpc) is 2.29. The second-order valence-corrected chi connectivity index (χ2v) is 6.66. The molecule has 0 radical (unpaired) electrons. The molecule has 0 aliphatic carbocycles. The highest BCUT2D eigenvalue weighted by Gasteiger charge is 2.35. The van der Waals surface area contributed by atoms with E-state index in [0.29, 0.717) is 19.0 Å². The molecule has 1 saturated heterocycles. The Morgan fingerprint density at radius 1 is 1.43 bits per heavy atom. The summed E-state index contributed by atoms with van der Waals surface area (Å²) in [5, 5.41) is 2.98. The van der Waals surface area contributed by atoms with E-state index in [2.05, 4.69) is 16.9 Å². The first-order valence-electron chi connectivity index (χ1n) is 7.68. The first-order valence-corrected chi connectivity index (χ1v) is 7.68. The van der Waals surface area contributed by atoms with Crippen LogP contribution in [0.15, 0.2) is 29.6 Å². The van der Waals surface area contributed by atoms with Crippen LogP contribution in [0, 0.1) is 0 Å². The Hall–Kier alpha value is -2.18. The maximum Gasteiger partial charge on any atom is 0.410 e. The molecule has 0 spiro atoms. The predicted molar refractivity (Wildman–Crippen MR) is 90.9 cm³/mol. The molecule has 1 amide bonds. The van der Waals surface area contributed by atoms with Crippen molar-refractivity contribution in [2.24, 2.45) is 10.7 Å². The van der Waals surface area contributed by atoms with Gasteiger partial charge in [0.25, 0.3) is 0 Å². The number of nitrogens with zero attached hydrogens (tertiary/aromatic N) is 2. The number of likely N-dealkylation sites (tertiary alicyclic amines) is 1. The van der Waals surface area contributed by atoms with Crippen LogP contribution in [0.25, 0.3) is 0 Å². The van der Waals surface area contributed by atoms with Gasteiger partial charge in [0.05, 0.1) is 13.1 Å². The fourth-order valence-corrected chi connectivity index (χ4v) is 1.81. The summed E-state index contributed by atoms with van der Waals surface area (Å²) >= 11 is 0. The quantitative estimate of drug-likeness (QED) is 0.349. The standard InChI is InChI=1S/C16H28N4O3/c1-7-8-13(19-14(17)18-11(2)3)22-12-9-20(10-12)15(21)23-16(4,5)6/h7-8,11-12H,1,9-10H2,2-6H3,(H3,17,18,19)/b13-8+. The Balaban J connectivity index is 2.51. The third-order valence-electron chi connectivity index (χ3n) is 2.71. The zero-order chi connectivity index (χ0) is 17.6. The number of nitrogens with two attached hydrogens (primary N) is 1. The highest BCUT2D eigenvalue weighted by Crippen LogP contribution is 2.19. The van der Waals surface area contributed by atoms with Crippen LogP contribution in [0.5, 0.6) is 0 Å². The molecule has 0 atom stereocenters. The van der Waals surface area contributed by atoms with Gasteiger partial charge >= 0.3 is 6.09 Å². The lowest BCUT2D eigenvalue weighted by Gasteiger charge is -2.39. The van der Waals surface area contributed by atoms with Gasteiger partial charge in [-0.2, -0.15) is 4.99 Å². The molecule has 0 bridgehead atoms. The summed E-state index contributed by atoms with van der Waals surface area (Å²) in [6, 6.07) is 0.176. The van der Waals surface area contributed by atoms with Gasteiger partial charge in [0.1, 0.15) is 11.7 Å². The SMILES string of the molecule is C=C/C=C(\N=C(/N)NC(C)C)OC1CN(C(=O)OC(C)(C)C)C1. The van der Waals surface area contributed by atoms with E-state index in [1.54, 1.807) is 17.1 Å². The molecular formula is C16H28N4O3. The van der Waals surface area contributed by atoms with Crippen LogP contribution in [-0.4, -0.2) is 47.8 Å². The minimum Gasteiger partial charge on any atom is -0.470 e. The molecule has 0 saturated carbocycles. The van der Waals surface area contributed by atoms with Gasteiger partial charge in [-0.05, 0) is 40.7 Å². The summed E-state index contributed by atoms with van der Waals surface area (Å²) in [7, 11) is 0. The van der Waals surface area contributed by atoms with E-state index in [0.717, 1.165) is 0 Å². The molecule has 0 aromatic rings. The van der Waals surface area contributed by atoms with Crippen LogP contribution in [0.4, 0.5) is 4.79 Å². The molecule has 7 nitrogen and oxygen atoms in total. The molecule has 130 valence electrons. The van der Waals surface area contributed by atoms with Crippen molar-refractivity contribution in [3.05, 3.63) is 24.6 Å². The number of amides is 1. The molecular weight excluding hydrogens is 296 g/mol. The Morgan fingerprint density at radius 3 is 2.52 bits per heavy atom. The number of carbonyl (C=O) groups is 1. The smallest absolute Gasteiger partial charge is 0.410 e. The number of hydrogen-bond donors (Lipinski definition) is 2.